The van der Waals surface area contributed by atoms with Gasteiger partial charge in [0.1, 0.15) is 5.75 Å². The van der Waals surface area contributed by atoms with Gasteiger partial charge in [0.2, 0.25) is 0 Å². The van der Waals surface area contributed by atoms with Gasteiger partial charge in [-0.25, -0.2) is 0 Å². The predicted molar refractivity (Wildman–Crippen MR) is 83.6 cm³/mol. The molecule has 1 spiro atoms. The zero-order valence-corrected chi connectivity index (χ0v) is 12.7. The van der Waals surface area contributed by atoms with Gasteiger partial charge in [0.15, 0.2) is 0 Å². The summed E-state index contributed by atoms with van der Waals surface area (Å²) in [5.41, 5.74) is 1.69. The molecule has 1 N–H and O–H groups in total. The Labute approximate surface area is 122 Å². The lowest BCUT2D eigenvalue weighted by Gasteiger charge is -2.46. The summed E-state index contributed by atoms with van der Waals surface area (Å²) in [6, 6.07) is 9.15. The number of rotatable bonds is 3. The first-order valence-electron chi connectivity index (χ1n) is 7.97. The molecule has 1 aliphatic heterocycles. The molecule has 0 aromatic heterocycles. The fourth-order valence-corrected chi connectivity index (χ4v) is 3.65. The van der Waals surface area contributed by atoms with Gasteiger partial charge in [-0.15, -0.1) is 0 Å². The molecule has 1 unspecified atom stereocenters. The summed E-state index contributed by atoms with van der Waals surface area (Å²) < 4.78 is 5.54. The molecule has 1 aromatic carbocycles. The topological polar surface area (TPSA) is 24.5 Å². The fourth-order valence-electron chi connectivity index (χ4n) is 3.65. The van der Waals surface area contributed by atoms with Crippen LogP contribution in [0.2, 0.25) is 0 Å². The number of benzene rings is 1. The van der Waals surface area contributed by atoms with Crippen molar-refractivity contribution in [1.29, 1.82) is 0 Å². The molecule has 1 heterocycles. The van der Waals surface area contributed by atoms with Gasteiger partial charge in [-0.1, -0.05) is 12.8 Å². The second-order valence-electron chi connectivity index (χ2n) is 6.27. The number of ether oxygens (including phenoxy) is 1. The van der Waals surface area contributed by atoms with Crippen molar-refractivity contribution in [3.63, 3.8) is 0 Å². The van der Waals surface area contributed by atoms with Crippen LogP contribution in [0.3, 0.4) is 0 Å². The second-order valence-corrected chi connectivity index (χ2v) is 6.27. The number of piperazine rings is 1. The largest absolute Gasteiger partial charge is 0.494 e. The normalized spacial score (nSPS) is 25.1. The van der Waals surface area contributed by atoms with Crippen LogP contribution in [0.4, 0.5) is 5.69 Å². The minimum atomic E-state index is 0.366. The quantitative estimate of drug-likeness (QED) is 0.916. The number of nitrogens with zero attached hydrogens (tertiary/aromatic N) is 1. The Hall–Kier alpha value is -1.22. The minimum absolute atomic E-state index is 0.366. The molecule has 1 saturated heterocycles. The van der Waals surface area contributed by atoms with Gasteiger partial charge >= 0.3 is 0 Å². The highest BCUT2D eigenvalue weighted by molar-refractivity contribution is 5.51. The molecule has 20 heavy (non-hydrogen) atoms. The Bertz CT molecular complexity index is 437. The summed E-state index contributed by atoms with van der Waals surface area (Å²) in [5, 5.41) is 3.81. The van der Waals surface area contributed by atoms with Crippen molar-refractivity contribution in [2.75, 3.05) is 24.6 Å². The minimum Gasteiger partial charge on any atom is -0.494 e. The standard InChI is InChI=1S/C17H26N2O/c1-3-20-16-8-6-15(7-9-16)19-13-17(10-4-5-11-17)18-12-14(19)2/h6-9,14,18H,3-5,10-13H2,1-2H3. The van der Waals surface area contributed by atoms with Crippen molar-refractivity contribution >= 4 is 5.69 Å². The summed E-state index contributed by atoms with van der Waals surface area (Å²) in [6.45, 7) is 7.29. The lowest BCUT2D eigenvalue weighted by Crippen LogP contribution is -2.62. The second kappa shape index (κ2) is 5.65. The zero-order valence-electron chi connectivity index (χ0n) is 12.7. The molecular weight excluding hydrogens is 248 g/mol. The van der Waals surface area contributed by atoms with Crippen molar-refractivity contribution in [2.24, 2.45) is 0 Å². The average Bonchev–Trinajstić information content (AvgIpc) is 2.92. The van der Waals surface area contributed by atoms with E-state index in [0.29, 0.717) is 11.6 Å². The van der Waals surface area contributed by atoms with Crippen LogP contribution in [0.5, 0.6) is 5.75 Å². The van der Waals surface area contributed by atoms with Gasteiger partial charge in [-0.05, 0) is 51.0 Å². The van der Waals surface area contributed by atoms with Crippen LogP contribution >= 0.6 is 0 Å². The summed E-state index contributed by atoms with van der Waals surface area (Å²) in [5.74, 6) is 0.967. The lowest BCUT2D eigenvalue weighted by atomic mass is 9.92. The first-order valence-corrected chi connectivity index (χ1v) is 7.97. The average molecular weight is 274 g/mol. The highest BCUT2D eigenvalue weighted by atomic mass is 16.5. The molecule has 2 aliphatic rings. The van der Waals surface area contributed by atoms with E-state index >= 15 is 0 Å². The first-order chi connectivity index (χ1) is 9.72. The molecule has 1 atom stereocenters. The third kappa shape index (κ3) is 2.64. The molecule has 110 valence electrons. The molecule has 3 nitrogen and oxygen atoms in total. The Morgan fingerprint density at radius 3 is 2.60 bits per heavy atom. The monoisotopic (exact) mass is 274 g/mol. The van der Waals surface area contributed by atoms with Crippen molar-refractivity contribution in [3.05, 3.63) is 24.3 Å². The van der Waals surface area contributed by atoms with Crippen LogP contribution in [0.1, 0.15) is 39.5 Å². The van der Waals surface area contributed by atoms with Crippen molar-refractivity contribution < 1.29 is 4.74 Å². The SMILES string of the molecule is CCOc1ccc(N2CC3(CCCC3)NCC2C)cc1. The van der Waals surface area contributed by atoms with Gasteiger partial charge in [-0.3, -0.25) is 0 Å². The van der Waals surface area contributed by atoms with Crippen LogP contribution in [0, 0.1) is 0 Å². The maximum Gasteiger partial charge on any atom is 0.119 e. The zero-order chi connectivity index (χ0) is 14.0. The highest BCUT2D eigenvalue weighted by Crippen LogP contribution is 2.35. The Balaban J connectivity index is 1.76. The van der Waals surface area contributed by atoms with Crippen molar-refractivity contribution in [2.45, 2.75) is 51.1 Å². The molecule has 1 aromatic rings. The van der Waals surface area contributed by atoms with E-state index in [9.17, 15) is 0 Å². The molecule has 0 amide bonds. The van der Waals surface area contributed by atoms with Crippen LogP contribution < -0.4 is 15.0 Å². The number of anilines is 1. The lowest BCUT2D eigenvalue weighted by molar-refractivity contribution is 0.276. The third-order valence-electron chi connectivity index (χ3n) is 4.82. The van der Waals surface area contributed by atoms with E-state index in [-0.39, 0.29) is 0 Å². The van der Waals surface area contributed by atoms with Crippen LogP contribution in [0.25, 0.3) is 0 Å². The van der Waals surface area contributed by atoms with E-state index < -0.39 is 0 Å². The van der Waals surface area contributed by atoms with Crippen LogP contribution in [-0.2, 0) is 0 Å². The number of hydrogen-bond acceptors (Lipinski definition) is 3. The number of hydrogen-bond donors (Lipinski definition) is 1. The fraction of sp³-hybridized carbons (Fsp3) is 0.647. The molecule has 0 radical (unpaired) electrons. The first kappa shape index (κ1) is 13.7. The highest BCUT2D eigenvalue weighted by Gasteiger charge is 2.39. The van der Waals surface area contributed by atoms with Crippen LogP contribution in [-0.4, -0.2) is 31.3 Å². The number of nitrogens with one attached hydrogen (secondary N) is 1. The van der Waals surface area contributed by atoms with E-state index in [1.165, 1.54) is 31.4 Å². The predicted octanol–water partition coefficient (Wildman–Crippen LogP) is 3.20. The molecule has 1 saturated carbocycles. The van der Waals surface area contributed by atoms with Gasteiger partial charge in [0.25, 0.3) is 0 Å². The maximum absolute atomic E-state index is 5.54. The van der Waals surface area contributed by atoms with E-state index in [0.717, 1.165) is 25.4 Å². The van der Waals surface area contributed by atoms with Gasteiger partial charge in [-0.2, -0.15) is 0 Å². The van der Waals surface area contributed by atoms with Gasteiger partial charge in [0, 0.05) is 30.4 Å². The summed E-state index contributed by atoms with van der Waals surface area (Å²) in [6.07, 6.45) is 5.40. The Morgan fingerprint density at radius 1 is 1.25 bits per heavy atom. The Morgan fingerprint density at radius 2 is 1.95 bits per heavy atom. The summed E-state index contributed by atoms with van der Waals surface area (Å²) in [4.78, 5) is 2.57. The molecule has 3 heteroatoms. The van der Waals surface area contributed by atoms with Gasteiger partial charge < -0.3 is 15.0 Å². The Kier molecular flexibility index (Phi) is 3.88. The molecule has 3 rings (SSSR count). The van der Waals surface area contributed by atoms with E-state index in [1.807, 2.05) is 6.92 Å². The van der Waals surface area contributed by atoms with Crippen LogP contribution in [0.15, 0.2) is 24.3 Å². The van der Waals surface area contributed by atoms with E-state index in [4.69, 9.17) is 4.74 Å². The summed E-state index contributed by atoms with van der Waals surface area (Å²) in [7, 11) is 0. The molecular formula is C17H26N2O. The van der Waals surface area contributed by atoms with Crippen molar-refractivity contribution in [3.8, 4) is 5.75 Å². The smallest absolute Gasteiger partial charge is 0.119 e. The molecule has 0 bridgehead atoms. The van der Waals surface area contributed by atoms with E-state index in [1.54, 1.807) is 0 Å². The summed E-state index contributed by atoms with van der Waals surface area (Å²) >= 11 is 0. The molecule has 1 aliphatic carbocycles. The van der Waals surface area contributed by atoms with Crippen molar-refractivity contribution in [1.82, 2.24) is 5.32 Å². The third-order valence-corrected chi connectivity index (χ3v) is 4.82. The van der Waals surface area contributed by atoms with E-state index in [2.05, 4.69) is 41.4 Å². The maximum atomic E-state index is 5.54. The van der Waals surface area contributed by atoms with Gasteiger partial charge in [0.05, 0.1) is 6.61 Å². The molecule has 2 fully saturated rings.